The molecule has 5 heteroatoms. The molecule has 2 aromatic rings. The molecule has 0 spiro atoms. The molecule has 0 heterocycles. The zero-order valence-electron chi connectivity index (χ0n) is 10.5. The van der Waals surface area contributed by atoms with Gasteiger partial charge in [0.15, 0.2) is 0 Å². The van der Waals surface area contributed by atoms with Crippen LogP contribution in [0.4, 0.5) is 4.39 Å². The topological polar surface area (TPSA) is 49.3 Å². The molecule has 0 saturated heterocycles. The van der Waals surface area contributed by atoms with E-state index in [9.17, 15) is 14.3 Å². The molecular formula is C15H13BrFNO2. The Bertz CT molecular complexity index is 604. The number of benzene rings is 2. The SMILES string of the molecule is O=C(NC(CO)c1ccccc1)c1ccc(F)c(Br)c1. The summed E-state index contributed by atoms with van der Waals surface area (Å²) in [4.78, 5) is 12.1. The average Bonchev–Trinajstić information content (AvgIpc) is 2.48. The van der Waals surface area contributed by atoms with E-state index in [0.717, 1.165) is 5.56 Å². The molecule has 0 aromatic heterocycles. The predicted octanol–water partition coefficient (Wildman–Crippen LogP) is 3.05. The highest BCUT2D eigenvalue weighted by molar-refractivity contribution is 9.10. The molecule has 0 saturated carbocycles. The minimum atomic E-state index is -0.493. The van der Waals surface area contributed by atoms with Crippen LogP contribution < -0.4 is 5.32 Å². The molecule has 2 aromatic carbocycles. The largest absolute Gasteiger partial charge is 0.394 e. The Balaban J connectivity index is 2.15. The van der Waals surface area contributed by atoms with Crippen LogP contribution in [-0.2, 0) is 0 Å². The first-order valence-electron chi connectivity index (χ1n) is 6.03. The minimum absolute atomic E-state index is 0.210. The highest BCUT2D eigenvalue weighted by Gasteiger charge is 2.15. The van der Waals surface area contributed by atoms with Gasteiger partial charge in [0.1, 0.15) is 5.82 Å². The summed E-state index contributed by atoms with van der Waals surface area (Å²) >= 11 is 3.04. The van der Waals surface area contributed by atoms with Gasteiger partial charge in [0.2, 0.25) is 0 Å². The molecular weight excluding hydrogens is 325 g/mol. The van der Waals surface area contributed by atoms with E-state index < -0.39 is 11.9 Å². The molecule has 104 valence electrons. The number of hydrogen-bond donors (Lipinski definition) is 2. The number of carbonyl (C=O) groups excluding carboxylic acids is 1. The van der Waals surface area contributed by atoms with Gasteiger partial charge in [0.25, 0.3) is 5.91 Å². The molecule has 0 aliphatic heterocycles. The van der Waals surface area contributed by atoms with E-state index in [2.05, 4.69) is 21.2 Å². The van der Waals surface area contributed by atoms with Gasteiger partial charge in [-0.05, 0) is 39.7 Å². The lowest BCUT2D eigenvalue weighted by Gasteiger charge is -2.16. The quantitative estimate of drug-likeness (QED) is 0.900. The van der Waals surface area contributed by atoms with Crippen molar-refractivity contribution in [3.8, 4) is 0 Å². The number of amides is 1. The van der Waals surface area contributed by atoms with Crippen LogP contribution >= 0.6 is 15.9 Å². The van der Waals surface area contributed by atoms with Crippen molar-refractivity contribution >= 4 is 21.8 Å². The van der Waals surface area contributed by atoms with E-state index >= 15 is 0 Å². The summed E-state index contributed by atoms with van der Waals surface area (Å²) in [6.07, 6.45) is 0. The summed E-state index contributed by atoms with van der Waals surface area (Å²) in [5.74, 6) is -0.795. The summed E-state index contributed by atoms with van der Waals surface area (Å²) in [6, 6.07) is 12.7. The first-order valence-corrected chi connectivity index (χ1v) is 6.83. The van der Waals surface area contributed by atoms with E-state index in [1.807, 2.05) is 30.3 Å². The molecule has 20 heavy (non-hydrogen) atoms. The van der Waals surface area contributed by atoms with Crippen molar-refractivity contribution in [1.29, 1.82) is 0 Å². The Kier molecular flexibility index (Phi) is 4.87. The maximum Gasteiger partial charge on any atom is 0.251 e. The Morgan fingerprint density at radius 3 is 2.55 bits per heavy atom. The third-order valence-electron chi connectivity index (χ3n) is 2.87. The fraction of sp³-hybridized carbons (Fsp3) is 0.133. The van der Waals surface area contributed by atoms with Gasteiger partial charge < -0.3 is 10.4 Å². The number of rotatable bonds is 4. The Morgan fingerprint density at radius 1 is 1.25 bits per heavy atom. The van der Waals surface area contributed by atoms with Gasteiger partial charge in [-0.25, -0.2) is 4.39 Å². The normalized spacial score (nSPS) is 11.9. The van der Waals surface area contributed by atoms with E-state index in [1.54, 1.807) is 0 Å². The second-order valence-corrected chi connectivity index (χ2v) is 5.10. The molecule has 0 fully saturated rings. The Hall–Kier alpha value is -1.72. The van der Waals surface area contributed by atoms with Gasteiger partial charge in [-0.3, -0.25) is 4.79 Å². The van der Waals surface area contributed by atoms with Crippen LogP contribution in [0.1, 0.15) is 22.0 Å². The molecule has 2 rings (SSSR count). The minimum Gasteiger partial charge on any atom is -0.394 e. The lowest BCUT2D eigenvalue weighted by molar-refractivity contribution is 0.0916. The summed E-state index contributed by atoms with van der Waals surface area (Å²) < 4.78 is 13.4. The molecule has 1 atom stereocenters. The van der Waals surface area contributed by atoms with E-state index in [4.69, 9.17) is 0 Å². The third-order valence-corrected chi connectivity index (χ3v) is 3.48. The number of aliphatic hydroxyl groups is 1. The first-order chi connectivity index (χ1) is 9.61. The monoisotopic (exact) mass is 337 g/mol. The fourth-order valence-electron chi connectivity index (χ4n) is 1.80. The van der Waals surface area contributed by atoms with Crippen molar-refractivity contribution < 1.29 is 14.3 Å². The standard InChI is InChI=1S/C15H13BrFNO2/c16-12-8-11(6-7-13(12)17)15(20)18-14(9-19)10-4-2-1-3-5-10/h1-8,14,19H,9H2,(H,18,20). The Morgan fingerprint density at radius 2 is 1.95 bits per heavy atom. The van der Waals surface area contributed by atoms with Gasteiger partial charge in [0.05, 0.1) is 17.1 Å². The highest BCUT2D eigenvalue weighted by atomic mass is 79.9. The molecule has 3 nitrogen and oxygen atoms in total. The van der Waals surface area contributed by atoms with Crippen LogP contribution in [-0.4, -0.2) is 17.6 Å². The lowest BCUT2D eigenvalue weighted by Crippen LogP contribution is -2.30. The van der Waals surface area contributed by atoms with Crippen LogP contribution in [0.5, 0.6) is 0 Å². The van der Waals surface area contributed by atoms with Crippen molar-refractivity contribution in [2.75, 3.05) is 6.61 Å². The van der Waals surface area contributed by atoms with Gasteiger partial charge in [-0.2, -0.15) is 0 Å². The van der Waals surface area contributed by atoms with Crippen LogP contribution in [0.2, 0.25) is 0 Å². The van der Waals surface area contributed by atoms with Gasteiger partial charge in [-0.1, -0.05) is 30.3 Å². The molecule has 0 bridgehead atoms. The average molecular weight is 338 g/mol. The van der Waals surface area contributed by atoms with Crippen molar-refractivity contribution in [2.45, 2.75) is 6.04 Å². The van der Waals surface area contributed by atoms with E-state index in [0.29, 0.717) is 5.56 Å². The summed E-state index contributed by atoms with van der Waals surface area (Å²) in [5, 5.41) is 12.1. The van der Waals surface area contributed by atoms with E-state index in [-0.39, 0.29) is 17.0 Å². The number of hydrogen-bond acceptors (Lipinski definition) is 2. The molecule has 0 aliphatic rings. The fourth-order valence-corrected chi connectivity index (χ4v) is 2.18. The van der Waals surface area contributed by atoms with E-state index in [1.165, 1.54) is 18.2 Å². The lowest BCUT2D eigenvalue weighted by atomic mass is 10.1. The second kappa shape index (κ2) is 6.63. The summed E-state index contributed by atoms with van der Waals surface area (Å²) in [7, 11) is 0. The molecule has 0 radical (unpaired) electrons. The smallest absolute Gasteiger partial charge is 0.251 e. The van der Waals surface area contributed by atoms with Crippen molar-refractivity contribution in [3.63, 3.8) is 0 Å². The molecule has 2 N–H and O–H groups in total. The molecule has 1 unspecified atom stereocenters. The number of carbonyl (C=O) groups is 1. The van der Waals surface area contributed by atoms with Gasteiger partial charge >= 0.3 is 0 Å². The maximum absolute atomic E-state index is 13.1. The van der Waals surface area contributed by atoms with Crippen LogP contribution in [0.3, 0.4) is 0 Å². The van der Waals surface area contributed by atoms with Gasteiger partial charge in [0, 0.05) is 5.56 Å². The zero-order chi connectivity index (χ0) is 14.5. The Labute approximate surface area is 124 Å². The zero-order valence-corrected chi connectivity index (χ0v) is 12.1. The maximum atomic E-state index is 13.1. The molecule has 1 amide bonds. The number of nitrogens with one attached hydrogen (secondary N) is 1. The summed E-state index contributed by atoms with van der Waals surface area (Å²) in [5.41, 5.74) is 1.14. The van der Waals surface area contributed by atoms with Crippen LogP contribution in [0.25, 0.3) is 0 Å². The number of aliphatic hydroxyl groups excluding tert-OH is 1. The third kappa shape index (κ3) is 3.43. The second-order valence-electron chi connectivity index (χ2n) is 4.25. The van der Waals surface area contributed by atoms with Crippen molar-refractivity contribution in [3.05, 3.63) is 69.9 Å². The predicted molar refractivity (Wildman–Crippen MR) is 77.8 cm³/mol. The molecule has 0 aliphatic carbocycles. The van der Waals surface area contributed by atoms with Crippen LogP contribution in [0, 0.1) is 5.82 Å². The first kappa shape index (κ1) is 14.7. The van der Waals surface area contributed by atoms with Crippen molar-refractivity contribution in [2.24, 2.45) is 0 Å². The summed E-state index contributed by atoms with van der Waals surface area (Å²) in [6.45, 7) is -0.210. The van der Waals surface area contributed by atoms with Crippen LogP contribution in [0.15, 0.2) is 53.0 Å². The highest BCUT2D eigenvalue weighted by Crippen LogP contribution is 2.18. The number of halogens is 2. The van der Waals surface area contributed by atoms with Crippen molar-refractivity contribution in [1.82, 2.24) is 5.32 Å². The van der Waals surface area contributed by atoms with Gasteiger partial charge in [-0.15, -0.1) is 0 Å².